The number of azide groups is 1. The summed E-state index contributed by atoms with van der Waals surface area (Å²) in [6.07, 6.45) is -3.81. The van der Waals surface area contributed by atoms with Crippen LogP contribution >= 0.6 is 0 Å². The van der Waals surface area contributed by atoms with E-state index in [4.69, 9.17) is 19.7 Å². The van der Waals surface area contributed by atoms with Gasteiger partial charge in [0.15, 0.2) is 12.1 Å². The molecule has 17 heavy (non-hydrogen) atoms. The van der Waals surface area contributed by atoms with Gasteiger partial charge in [0.1, 0.15) is 18.3 Å². The first kappa shape index (κ1) is 12.6. The summed E-state index contributed by atoms with van der Waals surface area (Å²) in [7, 11) is 0. The van der Waals surface area contributed by atoms with Crippen LogP contribution in [0.5, 0.6) is 0 Å². The first-order valence-corrected chi connectivity index (χ1v) is 5.32. The van der Waals surface area contributed by atoms with Crippen LogP contribution in [0.15, 0.2) is 5.11 Å². The van der Waals surface area contributed by atoms with Gasteiger partial charge in [0.2, 0.25) is 0 Å². The van der Waals surface area contributed by atoms with Gasteiger partial charge in [-0.1, -0.05) is 5.11 Å². The van der Waals surface area contributed by atoms with Crippen molar-refractivity contribution in [2.45, 2.75) is 50.3 Å². The Morgan fingerprint density at radius 1 is 1.41 bits per heavy atom. The van der Waals surface area contributed by atoms with Crippen molar-refractivity contribution in [1.82, 2.24) is 0 Å². The molecule has 0 bridgehead atoms. The number of aliphatic hydroxyl groups is 2. The van der Waals surface area contributed by atoms with Gasteiger partial charge in [0.25, 0.3) is 0 Å². The fourth-order valence-electron chi connectivity index (χ4n) is 2.06. The van der Waals surface area contributed by atoms with Crippen LogP contribution in [-0.4, -0.2) is 53.3 Å². The molecule has 2 saturated heterocycles. The van der Waals surface area contributed by atoms with Gasteiger partial charge < -0.3 is 24.4 Å². The summed E-state index contributed by atoms with van der Waals surface area (Å²) >= 11 is 0. The van der Waals surface area contributed by atoms with Crippen molar-refractivity contribution in [3.8, 4) is 0 Å². The van der Waals surface area contributed by atoms with Crippen molar-refractivity contribution in [2.24, 2.45) is 5.11 Å². The maximum absolute atomic E-state index is 9.61. The first-order chi connectivity index (χ1) is 7.94. The lowest BCUT2D eigenvalue weighted by molar-refractivity contribution is -0.175. The summed E-state index contributed by atoms with van der Waals surface area (Å²) in [6.45, 7) is 3.75. The van der Waals surface area contributed by atoms with E-state index in [0.717, 1.165) is 0 Å². The minimum Gasteiger partial charge on any atom is -0.387 e. The summed E-state index contributed by atoms with van der Waals surface area (Å²) < 4.78 is 16.1. The largest absolute Gasteiger partial charge is 0.387 e. The molecule has 2 fully saturated rings. The van der Waals surface area contributed by atoms with E-state index in [1.54, 1.807) is 13.8 Å². The quantitative estimate of drug-likeness (QED) is 0.400. The summed E-state index contributed by atoms with van der Waals surface area (Å²) in [4.78, 5) is 2.64. The molecule has 0 aromatic carbocycles. The third kappa shape index (κ3) is 2.37. The van der Waals surface area contributed by atoms with Gasteiger partial charge in [-0.3, -0.25) is 0 Å². The van der Waals surface area contributed by atoms with Crippen LogP contribution in [0.25, 0.3) is 10.4 Å². The molecule has 2 heterocycles. The normalized spacial score (nSPS) is 44.6. The Labute approximate surface area is 97.7 Å². The highest BCUT2D eigenvalue weighted by atomic mass is 16.8. The molecule has 0 aromatic rings. The van der Waals surface area contributed by atoms with E-state index in [1.165, 1.54) is 0 Å². The maximum Gasteiger partial charge on any atom is 0.181 e. The number of rotatable bonds is 2. The lowest BCUT2D eigenvalue weighted by Crippen LogP contribution is -2.39. The predicted octanol–water partition coefficient (Wildman–Crippen LogP) is -0.105. The van der Waals surface area contributed by atoms with E-state index in [-0.39, 0.29) is 6.61 Å². The van der Waals surface area contributed by atoms with E-state index in [1.807, 2.05) is 0 Å². The van der Waals surface area contributed by atoms with Gasteiger partial charge in [-0.2, -0.15) is 0 Å². The van der Waals surface area contributed by atoms with Crippen LogP contribution < -0.4 is 0 Å². The average Bonchev–Trinajstić information content (AvgIpc) is 2.73. The second-order valence-electron chi connectivity index (χ2n) is 4.54. The summed E-state index contributed by atoms with van der Waals surface area (Å²) in [5, 5.41) is 22.5. The molecular weight excluding hydrogens is 230 g/mol. The minimum atomic E-state index is -1.37. The van der Waals surface area contributed by atoms with Crippen molar-refractivity contribution < 1.29 is 24.4 Å². The summed E-state index contributed by atoms with van der Waals surface area (Å²) in [6, 6.07) is -0.877. The Morgan fingerprint density at radius 2 is 2.12 bits per heavy atom. The molecule has 0 radical (unpaired) electrons. The highest BCUT2D eigenvalue weighted by Gasteiger charge is 2.50. The van der Waals surface area contributed by atoms with Crippen molar-refractivity contribution >= 4 is 0 Å². The third-order valence-electron chi connectivity index (χ3n) is 2.86. The second-order valence-corrected chi connectivity index (χ2v) is 4.54. The Bertz CT molecular complexity index is 344. The number of nitrogens with zero attached hydrogens (tertiary/aromatic N) is 3. The van der Waals surface area contributed by atoms with Gasteiger partial charge in [-0.25, -0.2) is 0 Å². The number of aliphatic hydroxyl groups excluding tert-OH is 2. The standard InChI is InChI=1S/C9H15N3O5/c1-9(2)15-3-4(17-9)7-5(11-12-10)6(13)8(14)16-7/h4-8,13-14H,3H2,1-2H3/t4-,5+,6-,7-,8+/m1/s1. The molecular formula is C9H15N3O5. The van der Waals surface area contributed by atoms with Crippen LogP contribution in [0.2, 0.25) is 0 Å². The number of hydrogen-bond donors (Lipinski definition) is 2. The molecule has 0 unspecified atom stereocenters. The van der Waals surface area contributed by atoms with Crippen LogP contribution in [0.1, 0.15) is 13.8 Å². The predicted molar refractivity (Wildman–Crippen MR) is 54.7 cm³/mol. The molecule has 8 heteroatoms. The molecule has 2 rings (SSSR count). The molecule has 96 valence electrons. The van der Waals surface area contributed by atoms with Crippen molar-refractivity contribution in [2.75, 3.05) is 6.61 Å². The summed E-state index contributed by atoms with van der Waals surface area (Å²) in [5.41, 5.74) is 8.43. The van der Waals surface area contributed by atoms with Crippen LogP contribution in [0.3, 0.4) is 0 Å². The molecule has 2 aliphatic heterocycles. The fraction of sp³-hybridized carbons (Fsp3) is 1.00. The minimum absolute atomic E-state index is 0.258. The van der Waals surface area contributed by atoms with E-state index in [9.17, 15) is 10.2 Å². The number of hydrogen-bond acceptors (Lipinski definition) is 6. The molecule has 0 aliphatic carbocycles. The SMILES string of the molecule is CC1(C)OC[C@H]([C@H]2O[C@H](O)[C@H](O)[C@@H]2N=[N+]=[N-])O1. The molecule has 0 aromatic heterocycles. The van der Waals surface area contributed by atoms with E-state index in [2.05, 4.69) is 10.0 Å². The number of ether oxygens (including phenoxy) is 3. The molecule has 8 nitrogen and oxygen atoms in total. The lowest BCUT2D eigenvalue weighted by atomic mass is 10.0. The van der Waals surface area contributed by atoms with Crippen LogP contribution in [0.4, 0.5) is 0 Å². The maximum atomic E-state index is 9.61. The molecule has 2 aliphatic rings. The van der Waals surface area contributed by atoms with Crippen molar-refractivity contribution in [1.29, 1.82) is 0 Å². The van der Waals surface area contributed by atoms with Crippen molar-refractivity contribution in [3.05, 3.63) is 10.4 Å². The van der Waals surface area contributed by atoms with Crippen LogP contribution in [-0.2, 0) is 14.2 Å². The van der Waals surface area contributed by atoms with E-state index in [0.29, 0.717) is 0 Å². The highest BCUT2D eigenvalue weighted by molar-refractivity contribution is 4.97. The van der Waals surface area contributed by atoms with E-state index < -0.39 is 36.4 Å². The zero-order valence-electron chi connectivity index (χ0n) is 9.55. The molecule has 0 amide bonds. The molecule has 0 saturated carbocycles. The Kier molecular flexibility index (Phi) is 3.26. The average molecular weight is 245 g/mol. The van der Waals surface area contributed by atoms with Gasteiger partial charge in [0, 0.05) is 4.91 Å². The fourth-order valence-corrected chi connectivity index (χ4v) is 2.06. The second kappa shape index (κ2) is 4.41. The van der Waals surface area contributed by atoms with Crippen molar-refractivity contribution in [3.63, 3.8) is 0 Å². The Morgan fingerprint density at radius 3 is 2.65 bits per heavy atom. The first-order valence-electron chi connectivity index (χ1n) is 5.32. The monoisotopic (exact) mass is 245 g/mol. The summed E-state index contributed by atoms with van der Waals surface area (Å²) in [5.74, 6) is -0.743. The smallest absolute Gasteiger partial charge is 0.181 e. The molecule has 2 N–H and O–H groups in total. The van der Waals surface area contributed by atoms with Gasteiger partial charge in [0.05, 0.1) is 12.6 Å². The Hall–Kier alpha value is -0.890. The van der Waals surface area contributed by atoms with Crippen LogP contribution in [0, 0.1) is 0 Å². The molecule has 5 atom stereocenters. The topological polar surface area (TPSA) is 117 Å². The van der Waals surface area contributed by atoms with Gasteiger partial charge in [-0.15, -0.1) is 0 Å². The zero-order valence-corrected chi connectivity index (χ0v) is 9.55. The van der Waals surface area contributed by atoms with Gasteiger partial charge >= 0.3 is 0 Å². The molecule has 0 spiro atoms. The Balaban J connectivity index is 2.12. The third-order valence-corrected chi connectivity index (χ3v) is 2.86. The van der Waals surface area contributed by atoms with Gasteiger partial charge in [-0.05, 0) is 19.4 Å². The lowest BCUT2D eigenvalue weighted by Gasteiger charge is -2.22. The van der Waals surface area contributed by atoms with E-state index >= 15 is 0 Å². The highest BCUT2D eigenvalue weighted by Crippen LogP contribution is 2.32. The zero-order chi connectivity index (χ0) is 12.6.